The van der Waals surface area contributed by atoms with Crippen LogP contribution in [0.25, 0.3) is 5.69 Å². The third-order valence-corrected chi connectivity index (χ3v) is 3.40. The van der Waals surface area contributed by atoms with E-state index in [0.29, 0.717) is 22.0 Å². The lowest BCUT2D eigenvalue weighted by atomic mass is 9.90. The number of hydrogen-bond donors (Lipinski definition) is 1. The number of rotatable bonds is 2. The van der Waals surface area contributed by atoms with Crippen LogP contribution in [0.3, 0.4) is 0 Å². The van der Waals surface area contributed by atoms with E-state index in [1.165, 1.54) is 0 Å². The Morgan fingerprint density at radius 3 is 2.60 bits per heavy atom. The van der Waals surface area contributed by atoms with Crippen molar-refractivity contribution in [1.82, 2.24) is 9.78 Å². The Morgan fingerprint density at radius 2 is 2.10 bits per heavy atom. The standard InChI is InChI=1S/C15H16ClN3O/c1-15(2,3)13-12(9-20)14(16)19(18-13)11-6-4-5-10(7-11)8-17/h4-7,20H,9H2,1-3H3. The van der Waals surface area contributed by atoms with Gasteiger partial charge in [-0.05, 0) is 18.2 Å². The van der Waals surface area contributed by atoms with Crippen LogP contribution in [-0.4, -0.2) is 14.9 Å². The van der Waals surface area contributed by atoms with Crippen molar-refractivity contribution in [3.63, 3.8) is 0 Å². The van der Waals surface area contributed by atoms with E-state index in [4.69, 9.17) is 16.9 Å². The number of hydrogen-bond acceptors (Lipinski definition) is 3. The number of aromatic nitrogens is 2. The number of nitriles is 1. The molecule has 0 spiro atoms. The maximum absolute atomic E-state index is 9.53. The molecule has 2 aromatic rings. The van der Waals surface area contributed by atoms with Crippen LogP contribution in [0.5, 0.6) is 0 Å². The highest BCUT2D eigenvalue weighted by Gasteiger charge is 2.26. The second-order valence-electron chi connectivity index (χ2n) is 5.60. The molecule has 0 atom stereocenters. The zero-order chi connectivity index (χ0) is 14.9. The lowest BCUT2D eigenvalue weighted by molar-refractivity contribution is 0.278. The Hall–Kier alpha value is -1.83. The van der Waals surface area contributed by atoms with Gasteiger partial charge in [0.1, 0.15) is 5.15 Å². The Balaban J connectivity index is 2.64. The quantitative estimate of drug-likeness (QED) is 0.923. The fraction of sp³-hybridized carbons (Fsp3) is 0.333. The molecule has 0 radical (unpaired) electrons. The van der Waals surface area contributed by atoms with Crippen LogP contribution in [0.1, 0.15) is 37.6 Å². The second kappa shape index (κ2) is 5.28. The van der Waals surface area contributed by atoms with E-state index in [9.17, 15) is 5.11 Å². The summed E-state index contributed by atoms with van der Waals surface area (Å²) in [6, 6.07) is 9.13. The van der Waals surface area contributed by atoms with Crippen LogP contribution < -0.4 is 0 Å². The molecule has 1 N–H and O–H groups in total. The molecule has 20 heavy (non-hydrogen) atoms. The van der Waals surface area contributed by atoms with Crippen molar-refractivity contribution in [3.8, 4) is 11.8 Å². The van der Waals surface area contributed by atoms with Crippen molar-refractivity contribution in [2.45, 2.75) is 32.8 Å². The van der Waals surface area contributed by atoms with Gasteiger partial charge >= 0.3 is 0 Å². The van der Waals surface area contributed by atoms with Crippen molar-refractivity contribution in [1.29, 1.82) is 5.26 Å². The Bertz CT molecular complexity index is 677. The first-order chi connectivity index (χ1) is 9.38. The number of aliphatic hydroxyl groups excluding tert-OH is 1. The van der Waals surface area contributed by atoms with Crippen LogP contribution >= 0.6 is 11.6 Å². The first kappa shape index (κ1) is 14.6. The predicted octanol–water partition coefficient (Wildman–Crippen LogP) is 3.19. The van der Waals surface area contributed by atoms with Crippen LogP contribution in [0, 0.1) is 11.3 Å². The highest BCUT2D eigenvalue weighted by Crippen LogP contribution is 2.31. The van der Waals surface area contributed by atoms with E-state index in [-0.39, 0.29) is 12.0 Å². The number of nitrogens with zero attached hydrogens (tertiary/aromatic N) is 3. The van der Waals surface area contributed by atoms with Gasteiger partial charge in [0.15, 0.2) is 0 Å². The highest BCUT2D eigenvalue weighted by molar-refractivity contribution is 6.30. The monoisotopic (exact) mass is 289 g/mol. The minimum atomic E-state index is -0.222. The third-order valence-electron chi connectivity index (χ3n) is 3.01. The molecule has 104 valence electrons. The molecule has 4 nitrogen and oxygen atoms in total. The van der Waals surface area contributed by atoms with Crippen LogP contribution in [0.2, 0.25) is 5.15 Å². The largest absolute Gasteiger partial charge is 0.391 e. The first-order valence-electron chi connectivity index (χ1n) is 6.27. The van der Waals surface area contributed by atoms with E-state index >= 15 is 0 Å². The molecule has 1 aromatic heterocycles. The van der Waals surface area contributed by atoms with E-state index in [2.05, 4.69) is 11.2 Å². The van der Waals surface area contributed by atoms with Gasteiger partial charge in [-0.2, -0.15) is 10.4 Å². The van der Waals surface area contributed by atoms with Gasteiger partial charge in [0.05, 0.1) is 29.6 Å². The zero-order valence-corrected chi connectivity index (χ0v) is 12.4. The Morgan fingerprint density at radius 1 is 1.40 bits per heavy atom. The molecule has 0 bridgehead atoms. The molecular formula is C15H16ClN3O. The van der Waals surface area contributed by atoms with Gasteiger partial charge in [0.25, 0.3) is 0 Å². The summed E-state index contributed by atoms with van der Waals surface area (Å²) in [5.41, 5.74) is 2.41. The topological polar surface area (TPSA) is 61.8 Å². The summed E-state index contributed by atoms with van der Waals surface area (Å²) in [5.74, 6) is 0. The molecule has 2 rings (SSSR count). The van der Waals surface area contributed by atoms with Gasteiger partial charge in [-0.1, -0.05) is 38.4 Å². The van der Waals surface area contributed by atoms with Crippen molar-refractivity contribution in [2.75, 3.05) is 0 Å². The molecule has 0 saturated heterocycles. The van der Waals surface area contributed by atoms with Crippen LogP contribution in [0.4, 0.5) is 0 Å². The average Bonchev–Trinajstić information content (AvgIpc) is 2.75. The van der Waals surface area contributed by atoms with Crippen LogP contribution in [-0.2, 0) is 12.0 Å². The van der Waals surface area contributed by atoms with Gasteiger partial charge in [0, 0.05) is 11.0 Å². The van der Waals surface area contributed by atoms with E-state index < -0.39 is 0 Å². The number of aliphatic hydroxyl groups is 1. The van der Waals surface area contributed by atoms with Gasteiger partial charge in [-0.3, -0.25) is 0 Å². The fourth-order valence-electron chi connectivity index (χ4n) is 2.05. The first-order valence-corrected chi connectivity index (χ1v) is 6.65. The smallest absolute Gasteiger partial charge is 0.138 e. The molecule has 0 aliphatic heterocycles. The Kier molecular flexibility index (Phi) is 3.85. The van der Waals surface area contributed by atoms with Gasteiger partial charge in [-0.15, -0.1) is 0 Å². The highest BCUT2D eigenvalue weighted by atomic mass is 35.5. The van der Waals surface area contributed by atoms with Crippen molar-refractivity contribution < 1.29 is 5.11 Å². The van der Waals surface area contributed by atoms with Gasteiger partial charge in [0.2, 0.25) is 0 Å². The summed E-state index contributed by atoms with van der Waals surface area (Å²) in [4.78, 5) is 0. The second-order valence-corrected chi connectivity index (χ2v) is 5.96. The van der Waals surface area contributed by atoms with E-state index in [0.717, 1.165) is 5.69 Å². The molecule has 0 aliphatic carbocycles. The minimum Gasteiger partial charge on any atom is -0.391 e. The van der Waals surface area contributed by atoms with E-state index in [1.807, 2.05) is 26.8 Å². The molecule has 5 heteroatoms. The normalized spacial score (nSPS) is 11.4. The van der Waals surface area contributed by atoms with Gasteiger partial charge < -0.3 is 5.11 Å². The predicted molar refractivity (Wildman–Crippen MR) is 77.9 cm³/mol. The SMILES string of the molecule is CC(C)(C)c1nn(-c2cccc(C#N)c2)c(Cl)c1CO. The summed E-state index contributed by atoms with van der Waals surface area (Å²) in [5, 5.41) is 23.4. The van der Waals surface area contributed by atoms with Crippen molar-refractivity contribution in [3.05, 3.63) is 46.2 Å². The molecule has 1 heterocycles. The molecule has 0 fully saturated rings. The van der Waals surface area contributed by atoms with E-state index in [1.54, 1.807) is 22.9 Å². The fourth-order valence-corrected chi connectivity index (χ4v) is 2.34. The van der Waals surface area contributed by atoms with Crippen molar-refractivity contribution in [2.24, 2.45) is 0 Å². The number of benzene rings is 1. The third kappa shape index (κ3) is 2.55. The average molecular weight is 290 g/mol. The summed E-state index contributed by atoms with van der Waals surface area (Å²) in [7, 11) is 0. The summed E-state index contributed by atoms with van der Waals surface area (Å²) in [6.07, 6.45) is 0. The maximum atomic E-state index is 9.53. The maximum Gasteiger partial charge on any atom is 0.138 e. The lowest BCUT2D eigenvalue weighted by Gasteiger charge is -2.16. The van der Waals surface area contributed by atoms with Crippen LogP contribution in [0.15, 0.2) is 24.3 Å². The minimum absolute atomic E-state index is 0.163. The number of halogens is 1. The molecular weight excluding hydrogens is 274 g/mol. The molecule has 0 unspecified atom stereocenters. The molecule has 0 aliphatic rings. The molecule has 0 saturated carbocycles. The zero-order valence-electron chi connectivity index (χ0n) is 11.7. The van der Waals surface area contributed by atoms with Crippen molar-refractivity contribution >= 4 is 11.6 Å². The summed E-state index contributed by atoms with van der Waals surface area (Å²) < 4.78 is 1.56. The summed E-state index contributed by atoms with van der Waals surface area (Å²) >= 11 is 6.32. The summed E-state index contributed by atoms with van der Waals surface area (Å²) in [6.45, 7) is 5.88. The Labute approximate surface area is 123 Å². The molecule has 1 aromatic carbocycles. The van der Waals surface area contributed by atoms with Gasteiger partial charge in [-0.25, -0.2) is 4.68 Å². The molecule has 0 amide bonds. The lowest BCUT2D eigenvalue weighted by Crippen LogP contribution is -2.15.